The summed E-state index contributed by atoms with van der Waals surface area (Å²) in [6.07, 6.45) is 0. The molecule has 0 atom stereocenters. The summed E-state index contributed by atoms with van der Waals surface area (Å²) in [5, 5.41) is 3.49. The van der Waals surface area contributed by atoms with Gasteiger partial charge in [-0.1, -0.05) is 41.9 Å². The van der Waals surface area contributed by atoms with E-state index in [9.17, 15) is 4.79 Å². The normalized spacial score (nSPS) is 10.3. The fourth-order valence-corrected chi connectivity index (χ4v) is 2.67. The Balaban J connectivity index is 1.56. The van der Waals surface area contributed by atoms with E-state index in [2.05, 4.69) is 5.32 Å². The molecule has 0 saturated carbocycles. The number of benzene rings is 3. The first-order valence-corrected chi connectivity index (χ1v) is 8.98. The van der Waals surface area contributed by atoms with Crippen molar-refractivity contribution in [2.24, 2.45) is 0 Å². The van der Waals surface area contributed by atoms with Gasteiger partial charge in [0.1, 0.15) is 24.7 Å². The van der Waals surface area contributed by atoms with Gasteiger partial charge >= 0.3 is 0 Å². The number of rotatable bonds is 7. The maximum absolute atomic E-state index is 12.5. The molecular formula is C22H20ClNO3. The highest BCUT2D eigenvalue weighted by molar-refractivity contribution is 6.31. The van der Waals surface area contributed by atoms with Crippen molar-refractivity contribution in [2.75, 3.05) is 18.5 Å². The fourth-order valence-electron chi connectivity index (χ4n) is 2.50. The van der Waals surface area contributed by atoms with Crippen LogP contribution in [0.1, 0.15) is 15.9 Å². The predicted octanol–water partition coefficient (Wildman–Crippen LogP) is 5.36. The summed E-state index contributed by atoms with van der Waals surface area (Å²) in [4.78, 5) is 12.5. The SMILES string of the molecule is Cc1c(Cl)cccc1NC(=O)c1cccc(OCCOc2ccccc2)c1. The molecule has 27 heavy (non-hydrogen) atoms. The van der Waals surface area contributed by atoms with Crippen LogP contribution in [0, 0.1) is 6.92 Å². The van der Waals surface area contributed by atoms with Crippen LogP contribution in [0.4, 0.5) is 5.69 Å². The molecule has 0 heterocycles. The van der Waals surface area contributed by atoms with E-state index >= 15 is 0 Å². The molecule has 0 fully saturated rings. The summed E-state index contributed by atoms with van der Waals surface area (Å²) >= 11 is 6.10. The van der Waals surface area contributed by atoms with Crippen LogP contribution in [0.2, 0.25) is 5.02 Å². The largest absolute Gasteiger partial charge is 0.490 e. The summed E-state index contributed by atoms with van der Waals surface area (Å²) in [5.41, 5.74) is 2.03. The van der Waals surface area contributed by atoms with Crippen LogP contribution >= 0.6 is 11.6 Å². The molecule has 0 aromatic heterocycles. The van der Waals surface area contributed by atoms with Crippen molar-refractivity contribution < 1.29 is 14.3 Å². The van der Waals surface area contributed by atoms with E-state index in [1.807, 2.05) is 49.4 Å². The quantitative estimate of drug-likeness (QED) is 0.560. The highest BCUT2D eigenvalue weighted by atomic mass is 35.5. The van der Waals surface area contributed by atoms with Crippen molar-refractivity contribution in [3.8, 4) is 11.5 Å². The van der Waals surface area contributed by atoms with Gasteiger partial charge < -0.3 is 14.8 Å². The molecule has 0 unspecified atom stereocenters. The molecule has 0 saturated heterocycles. The second kappa shape index (κ2) is 9.10. The molecule has 1 N–H and O–H groups in total. The third-order valence-electron chi connectivity index (χ3n) is 3.98. The Hall–Kier alpha value is -2.98. The molecule has 0 bridgehead atoms. The number of para-hydroxylation sites is 1. The first kappa shape index (κ1) is 18.8. The number of hydrogen-bond acceptors (Lipinski definition) is 3. The minimum Gasteiger partial charge on any atom is -0.490 e. The van der Waals surface area contributed by atoms with Crippen LogP contribution in [0.3, 0.4) is 0 Å². The van der Waals surface area contributed by atoms with E-state index in [0.29, 0.717) is 35.2 Å². The molecule has 3 rings (SSSR count). The number of carbonyl (C=O) groups excluding carboxylic acids is 1. The lowest BCUT2D eigenvalue weighted by Crippen LogP contribution is -2.13. The van der Waals surface area contributed by atoms with Crippen LogP contribution in [-0.2, 0) is 0 Å². The summed E-state index contributed by atoms with van der Waals surface area (Å²) in [5.74, 6) is 1.19. The van der Waals surface area contributed by atoms with E-state index in [-0.39, 0.29) is 5.91 Å². The van der Waals surface area contributed by atoms with E-state index in [1.54, 1.807) is 30.3 Å². The van der Waals surface area contributed by atoms with Gasteiger partial charge in [-0.15, -0.1) is 0 Å². The lowest BCUT2D eigenvalue weighted by molar-refractivity contribution is 0.102. The summed E-state index contributed by atoms with van der Waals surface area (Å²) in [7, 11) is 0. The van der Waals surface area contributed by atoms with E-state index in [4.69, 9.17) is 21.1 Å². The molecule has 138 valence electrons. The molecule has 3 aromatic rings. The molecule has 1 amide bonds. The third kappa shape index (κ3) is 5.25. The highest BCUT2D eigenvalue weighted by Crippen LogP contribution is 2.24. The number of carbonyl (C=O) groups is 1. The van der Waals surface area contributed by atoms with Crippen LogP contribution in [0.5, 0.6) is 11.5 Å². The first-order valence-electron chi connectivity index (χ1n) is 8.60. The smallest absolute Gasteiger partial charge is 0.255 e. The standard InChI is InChI=1S/C22H20ClNO3/c1-16-20(23)11-6-12-21(16)24-22(25)17-7-5-10-19(15-17)27-14-13-26-18-8-3-2-4-9-18/h2-12,15H,13-14H2,1H3,(H,24,25). The lowest BCUT2D eigenvalue weighted by Gasteiger charge is -2.11. The van der Waals surface area contributed by atoms with E-state index in [0.717, 1.165) is 11.3 Å². The number of hydrogen-bond donors (Lipinski definition) is 1. The van der Waals surface area contributed by atoms with Crippen LogP contribution in [-0.4, -0.2) is 19.1 Å². The second-order valence-corrected chi connectivity index (χ2v) is 6.31. The minimum atomic E-state index is -0.216. The Morgan fingerprint density at radius 2 is 1.56 bits per heavy atom. The van der Waals surface area contributed by atoms with Gasteiger partial charge in [-0.3, -0.25) is 4.79 Å². The molecule has 0 aliphatic carbocycles. The molecular weight excluding hydrogens is 362 g/mol. The maximum atomic E-state index is 12.5. The van der Waals surface area contributed by atoms with Gasteiger partial charge in [0.15, 0.2) is 0 Å². The Labute approximate surface area is 163 Å². The fraction of sp³-hybridized carbons (Fsp3) is 0.136. The third-order valence-corrected chi connectivity index (χ3v) is 4.39. The summed E-state index contributed by atoms with van der Waals surface area (Å²) < 4.78 is 11.3. The monoisotopic (exact) mass is 381 g/mol. The van der Waals surface area contributed by atoms with Crippen molar-refractivity contribution in [3.63, 3.8) is 0 Å². The number of amides is 1. The Kier molecular flexibility index (Phi) is 6.34. The second-order valence-electron chi connectivity index (χ2n) is 5.90. The molecule has 0 aliphatic rings. The molecule has 5 heteroatoms. The molecule has 0 radical (unpaired) electrons. The van der Waals surface area contributed by atoms with E-state index < -0.39 is 0 Å². The number of anilines is 1. The molecule has 0 aliphatic heterocycles. The van der Waals surface area contributed by atoms with Gasteiger partial charge in [0, 0.05) is 16.3 Å². The number of ether oxygens (including phenoxy) is 2. The summed E-state index contributed by atoms with van der Waals surface area (Å²) in [6.45, 7) is 2.67. The van der Waals surface area contributed by atoms with Gasteiger partial charge in [0.25, 0.3) is 5.91 Å². The lowest BCUT2D eigenvalue weighted by atomic mass is 10.1. The highest BCUT2D eigenvalue weighted by Gasteiger charge is 2.10. The van der Waals surface area contributed by atoms with Crippen molar-refractivity contribution >= 4 is 23.2 Å². The number of halogens is 1. The van der Waals surface area contributed by atoms with Gasteiger partial charge in [-0.05, 0) is 55.0 Å². The van der Waals surface area contributed by atoms with Crippen molar-refractivity contribution in [2.45, 2.75) is 6.92 Å². The minimum absolute atomic E-state index is 0.216. The Morgan fingerprint density at radius 1 is 0.889 bits per heavy atom. The molecule has 3 aromatic carbocycles. The van der Waals surface area contributed by atoms with Gasteiger partial charge in [0.05, 0.1) is 0 Å². The van der Waals surface area contributed by atoms with Gasteiger partial charge in [0.2, 0.25) is 0 Å². The Bertz CT molecular complexity index is 912. The average molecular weight is 382 g/mol. The van der Waals surface area contributed by atoms with Crippen molar-refractivity contribution in [3.05, 3.63) is 88.9 Å². The van der Waals surface area contributed by atoms with Crippen LogP contribution < -0.4 is 14.8 Å². The Morgan fingerprint density at radius 3 is 2.33 bits per heavy atom. The number of nitrogens with one attached hydrogen (secondary N) is 1. The van der Waals surface area contributed by atoms with Crippen molar-refractivity contribution in [1.29, 1.82) is 0 Å². The van der Waals surface area contributed by atoms with Crippen molar-refractivity contribution in [1.82, 2.24) is 0 Å². The summed E-state index contributed by atoms with van der Waals surface area (Å²) in [6, 6.07) is 22.0. The molecule has 0 spiro atoms. The van der Waals surface area contributed by atoms with E-state index in [1.165, 1.54) is 0 Å². The maximum Gasteiger partial charge on any atom is 0.255 e. The van der Waals surface area contributed by atoms with Gasteiger partial charge in [-0.2, -0.15) is 0 Å². The zero-order valence-electron chi connectivity index (χ0n) is 14.9. The molecule has 4 nitrogen and oxygen atoms in total. The average Bonchev–Trinajstić information content (AvgIpc) is 2.70. The first-order chi connectivity index (χ1) is 13.1. The zero-order chi connectivity index (χ0) is 19.1. The topological polar surface area (TPSA) is 47.6 Å². The van der Waals surface area contributed by atoms with Gasteiger partial charge in [-0.25, -0.2) is 0 Å². The zero-order valence-corrected chi connectivity index (χ0v) is 15.7. The van der Waals surface area contributed by atoms with Crippen LogP contribution in [0.25, 0.3) is 0 Å². The predicted molar refractivity (Wildman–Crippen MR) is 108 cm³/mol. The van der Waals surface area contributed by atoms with Crippen LogP contribution in [0.15, 0.2) is 72.8 Å².